The van der Waals surface area contributed by atoms with Crippen molar-refractivity contribution in [1.29, 1.82) is 0 Å². The van der Waals surface area contributed by atoms with Gasteiger partial charge in [-0.1, -0.05) is 25.5 Å². The molecule has 4 nitrogen and oxygen atoms in total. The third-order valence-corrected chi connectivity index (χ3v) is 1.63. The fourth-order valence-corrected chi connectivity index (χ4v) is 0.991. The highest BCUT2D eigenvalue weighted by Crippen LogP contribution is 1.98. The molecule has 0 radical (unpaired) electrons. The van der Waals surface area contributed by atoms with Crippen molar-refractivity contribution in [2.45, 2.75) is 26.7 Å². The van der Waals surface area contributed by atoms with Crippen LogP contribution in [0.2, 0.25) is 0 Å². The Hall–Kier alpha value is -1.58. The van der Waals surface area contributed by atoms with Gasteiger partial charge < -0.3 is 5.43 Å². The van der Waals surface area contributed by atoms with E-state index in [4.69, 9.17) is 0 Å². The Morgan fingerprint density at radius 1 is 1.47 bits per heavy atom. The van der Waals surface area contributed by atoms with Gasteiger partial charge in [0.2, 0.25) is 0 Å². The molecule has 0 amide bonds. The monoisotopic (exact) mass is 208 g/mol. The van der Waals surface area contributed by atoms with Gasteiger partial charge in [-0.25, -0.2) is 0 Å². The largest absolute Gasteiger partial charge is 0.311 e. The molecule has 0 atom stereocenters. The van der Waals surface area contributed by atoms with Gasteiger partial charge in [-0.15, -0.1) is 0 Å². The fourth-order valence-electron chi connectivity index (χ4n) is 0.991. The van der Waals surface area contributed by atoms with Gasteiger partial charge in [-0.2, -0.15) is 10.2 Å². The Bertz CT molecular complexity index is 264. The Morgan fingerprint density at radius 3 is 2.73 bits per heavy atom. The number of hydrazone groups is 2. The second-order valence-electron chi connectivity index (χ2n) is 3.07. The molecule has 0 saturated carbocycles. The first-order valence-corrected chi connectivity index (χ1v) is 5.05. The SMILES string of the molecule is C=NNC(/C=C(C)/C=C\CCC)=N\NC. The fraction of sp³-hybridized carbons (Fsp3) is 0.455. The lowest BCUT2D eigenvalue weighted by Gasteiger charge is -2.00. The van der Waals surface area contributed by atoms with Gasteiger partial charge in [-0.3, -0.25) is 5.43 Å². The minimum absolute atomic E-state index is 0.645. The molecule has 84 valence electrons. The van der Waals surface area contributed by atoms with Gasteiger partial charge in [0.25, 0.3) is 0 Å². The summed E-state index contributed by atoms with van der Waals surface area (Å²) < 4.78 is 0. The Kier molecular flexibility index (Phi) is 8.05. The molecule has 2 N–H and O–H groups in total. The average molecular weight is 208 g/mol. The lowest BCUT2D eigenvalue weighted by atomic mass is 10.2. The van der Waals surface area contributed by atoms with Crippen LogP contribution in [0.1, 0.15) is 26.7 Å². The smallest absolute Gasteiger partial charge is 0.166 e. The summed E-state index contributed by atoms with van der Waals surface area (Å²) in [6.07, 6.45) is 8.37. The molecule has 0 aromatic carbocycles. The van der Waals surface area contributed by atoms with Crippen LogP contribution in [0.4, 0.5) is 0 Å². The van der Waals surface area contributed by atoms with Crippen LogP contribution in [0, 0.1) is 0 Å². The Balaban J connectivity index is 4.39. The summed E-state index contributed by atoms with van der Waals surface area (Å²) in [5.74, 6) is 0.645. The molecule has 0 aromatic rings. The third kappa shape index (κ3) is 7.49. The zero-order valence-corrected chi connectivity index (χ0v) is 9.75. The zero-order valence-electron chi connectivity index (χ0n) is 9.75. The van der Waals surface area contributed by atoms with E-state index in [0.29, 0.717) is 5.84 Å². The maximum absolute atomic E-state index is 3.99. The molecule has 0 saturated heterocycles. The summed E-state index contributed by atoms with van der Waals surface area (Å²) in [6.45, 7) is 7.52. The van der Waals surface area contributed by atoms with Gasteiger partial charge >= 0.3 is 0 Å². The van der Waals surface area contributed by atoms with E-state index in [-0.39, 0.29) is 0 Å². The van der Waals surface area contributed by atoms with Crippen LogP contribution in [0.5, 0.6) is 0 Å². The molecule has 0 unspecified atom stereocenters. The van der Waals surface area contributed by atoms with Gasteiger partial charge in [0.05, 0.1) is 0 Å². The quantitative estimate of drug-likeness (QED) is 0.304. The normalized spacial score (nSPS) is 13.0. The van der Waals surface area contributed by atoms with Crippen molar-refractivity contribution in [3.8, 4) is 0 Å². The third-order valence-electron chi connectivity index (χ3n) is 1.63. The molecular weight excluding hydrogens is 188 g/mol. The second-order valence-corrected chi connectivity index (χ2v) is 3.07. The molecule has 0 rings (SSSR count). The molecule has 0 heterocycles. The van der Waals surface area contributed by atoms with Crippen LogP contribution >= 0.6 is 0 Å². The highest BCUT2D eigenvalue weighted by atomic mass is 15.4. The predicted octanol–water partition coefficient (Wildman–Crippen LogP) is 2.03. The van der Waals surface area contributed by atoms with E-state index in [9.17, 15) is 0 Å². The molecule has 0 bridgehead atoms. The van der Waals surface area contributed by atoms with Crippen LogP contribution < -0.4 is 10.9 Å². The van der Waals surface area contributed by atoms with Crippen molar-refractivity contribution in [2.75, 3.05) is 7.05 Å². The Morgan fingerprint density at radius 2 is 2.20 bits per heavy atom. The molecule has 0 aliphatic rings. The average Bonchev–Trinajstić information content (AvgIpc) is 2.19. The van der Waals surface area contributed by atoms with E-state index in [1.54, 1.807) is 7.05 Å². The van der Waals surface area contributed by atoms with Crippen molar-refractivity contribution >= 4 is 12.6 Å². The van der Waals surface area contributed by atoms with Crippen molar-refractivity contribution in [1.82, 2.24) is 10.9 Å². The first kappa shape index (κ1) is 13.4. The standard InChI is InChI=1S/C11H20N4/c1-5-6-7-8-10(2)9-11(14-12-3)15-13-4/h7-9,13H,3,5-6H2,1-2,4H3,(H,14,15)/b8-7-,10-9+. The number of unbranched alkanes of at least 4 members (excludes halogenated alkanes) is 1. The van der Waals surface area contributed by atoms with E-state index in [1.165, 1.54) is 0 Å². The maximum Gasteiger partial charge on any atom is 0.166 e. The van der Waals surface area contributed by atoms with Crippen molar-refractivity contribution in [3.63, 3.8) is 0 Å². The Labute approximate surface area is 91.8 Å². The highest BCUT2D eigenvalue weighted by Gasteiger charge is 1.91. The van der Waals surface area contributed by atoms with Crippen molar-refractivity contribution in [3.05, 3.63) is 23.8 Å². The van der Waals surface area contributed by atoms with E-state index >= 15 is 0 Å². The van der Waals surface area contributed by atoms with E-state index in [2.05, 4.69) is 46.8 Å². The molecule has 0 aliphatic carbocycles. The van der Waals surface area contributed by atoms with Crippen LogP contribution in [-0.4, -0.2) is 19.6 Å². The second kappa shape index (κ2) is 8.99. The minimum Gasteiger partial charge on any atom is -0.311 e. The maximum atomic E-state index is 3.99. The molecule has 0 aromatic heterocycles. The van der Waals surface area contributed by atoms with E-state index in [1.807, 2.05) is 13.0 Å². The van der Waals surface area contributed by atoms with Gasteiger partial charge in [-0.05, 0) is 25.0 Å². The van der Waals surface area contributed by atoms with Crippen LogP contribution in [-0.2, 0) is 0 Å². The molecule has 4 heteroatoms. The molecule has 15 heavy (non-hydrogen) atoms. The lowest BCUT2D eigenvalue weighted by molar-refractivity contribution is 0.876. The topological polar surface area (TPSA) is 48.8 Å². The van der Waals surface area contributed by atoms with E-state index in [0.717, 1.165) is 18.4 Å². The number of nitrogens with zero attached hydrogens (tertiary/aromatic N) is 2. The van der Waals surface area contributed by atoms with Gasteiger partial charge in [0, 0.05) is 13.8 Å². The summed E-state index contributed by atoms with van der Waals surface area (Å²) in [4.78, 5) is 0. The number of amidine groups is 1. The summed E-state index contributed by atoms with van der Waals surface area (Å²) in [5, 5.41) is 7.56. The number of nitrogens with one attached hydrogen (secondary N) is 2. The van der Waals surface area contributed by atoms with Crippen molar-refractivity contribution < 1.29 is 0 Å². The number of hydrogen-bond acceptors (Lipinski definition) is 3. The number of hydrogen-bond donors (Lipinski definition) is 2. The molecule has 0 fully saturated rings. The zero-order chi connectivity index (χ0) is 11.5. The van der Waals surface area contributed by atoms with Crippen LogP contribution in [0.25, 0.3) is 0 Å². The molecular formula is C11H20N4. The summed E-state index contributed by atoms with van der Waals surface area (Å²) in [5.41, 5.74) is 6.51. The molecule has 0 aliphatic heterocycles. The number of rotatable bonds is 6. The highest BCUT2D eigenvalue weighted by molar-refractivity contribution is 5.93. The first-order chi connectivity index (χ1) is 7.24. The van der Waals surface area contributed by atoms with Crippen LogP contribution in [0.3, 0.4) is 0 Å². The lowest BCUT2D eigenvalue weighted by Crippen LogP contribution is -2.17. The summed E-state index contributed by atoms with van der Waals surface area (Å²) >= 11 is 0. The predicted molar refractivity (Wildman–Crippen MR) is 67.0 cm³/mol. The van der Waals surface area contributed by atoms with Gasteiger partial charge in [0.1, 0.15) is 0 Å². The summed E-state index contributed by atoms with van der Waals surface area (Å²) in [6, 6.07) is 0. The van der Waals surface area contributed by atoms with Crippen LogP contribution in [0.15, 0.2) is 34.0 Å². The number of allylic oxidation sites excluding steroid dienone is 3. The minimum atomic E-state index is 0.645. The van der Waals surface area contributed by atoms with Gasteiger partial charge in [0.15, 0.2) is 5.84 Å². The van der Waals surface area contributed by atoms with Crippen molar-refractivity contribution in [2.24, 2.45) is 10.2 Å². The van der Waals surface area contributed by atoms with E-state index < -0.39 is 0 Å². The first-order valence-electron chi connectivity index (χ1n) is 5.05. The summed E-state index contributed by atoms with van der Waals surface area (Å²) in [7, 11) is 1.74. The molecule has 0 spiro atoms.